The van der Waals surface area contributed by atoms with Crippen LogP contribution in [0.3, 0.4) is 0 Å². The molecular weight excluding hydrogens is 598 g/mol. The smallest absolute Gasteiger partial charge is 0.410 e. The molecule has 2 aromatic carbocycles. The highest BCUT2D eigenvalue weighted by molar-refractivity contribution is 14.1. The van der Waals surface area contributed by atoms with Crippen LogP contribution in [0, 0.1) is 13.1 Å². The summed E-state index contributed by atoms with van der Waals surface area (Å²) in [6, 6.07) is 13.0. The Morgan fingerprint density at radius 3 is 2.34 bits per heavy atom. The lowest BCUT2D eigenvalue weighted by Gasteiger charge is -2.31. The summed E-state index contributed by atoms with van der Waals surface area (Å²) in [6.45, 7) is 2.10. The number of phenolic OH excluding ortho intramolecular Hbond substituents is 1. The first-order valence-electron chi connectivity index (χ1n) is 9.36. The molecule has 8 heteroatoms. The van der Waals surface area contributed by atoms with Gasteiger partial charge in [-0.3, -0.25) is 4.79 Å². The van der Waals surface area contributed by atoms with Crippen molar-refractivity contribution in [2.45, 2.75) is 19.4 Å². The van der Waals surface area contributed by atoms with Crippen LogP contribution >= 0.6 is 45.2 Å². The number of piperidine rings is 1. The second kappa shape index (κ2) is 10.5. The largest absolute Gasteiger partial charge is 0.506 e. The van der Waals surface area contributed by atoms with Crippen LogP contribution in [0.25, 0.3) is 0 Å². The summed E-state index contributed by atoms with van der Waals surface area (Å²) in [6.07, 6.45) is 1.36. The van der Waals surface area contributed by atoms with Gasteiger partial charge in [0, 0.05) is 25.2 Å². The van der Waals surface area contributed by atoms with Crippen LogP contribution in [0.15, 0.2) is 42.5 Å². The maximum Gasteiger partial charge on any atom is 0.410 e. The Kier molecular flexibility index (Phi) is 7.99. The van der Waals surface area contributed by atoms with Crippen LogP contribution in [0.4, 0.5) is 4.79 Å². The van der Waals surface area contributed by atoms with E-state index < -0.39 is 0 Å². The van der Waals surface area contributed by atoms with E-state index in [1.807, 2.05) is 75.5 Å². The molecule has 0 radical (unpaired) electrons. The number of ether oxygens (including phenoxy) is 1. The van der Waals surface area contributed by atoms with E-state index in [0.717, 1.165) is 18.4 Å². The van der Waals surface area contributed by atoms with E-state index in [9.17, 15) is 14.7 Å². The normalized spacial score (nSPS) is 14.5. The second-order valence-corrected chi connectivity index (χ2v) is 9.29. The first kappa shape index (κ1) is 22.1. The summed E-state index contributed by atoms with van der Waals surface area (Å²) in [7, 11) is 0. The van der Waals surface area contributed by atoms with Crippen LogP contribution in [0.2, 0.25) is 0 Å². The van der Waals surface area contributed by atoms with E-state index >= 15 is 0 Å². The molecule has 0 aromatic heterocycles. The van der Waals surface area contributed by atoms with Crippen molar-refractivity contribution in [3.05, 3.63) is 60.7 Å². The van der Waals surface area contributed by atoms with Crippen LogP contribution < -0.4 is 5.32 Å². The van der Waals surface area contributed by atoms with Gasteiger partial charge in [0.15, 0.2) is 0 Å². The van der Waals surface area contributed by atoms with Gasteiger partial charge in [-0.05, 0) is 81.6 Å². The highest BCUT2D eigenvalue weighted by Crippen LogP contribution is 2.27. The van der Waals surface area contributed by atoms with E-state index in [4.69, 9.17) is 4.74 Å². The SMILES string of the molecule is O=C(NCC1CCN(C(=O)OCc2ccccc2)CC1)c1cc(I)c(O)c(I)c1. The van der Waals surface area contributed by atoms with E-state index in [0.29, 0.717) is 38.3 Å². The average Bonchev–Trinajstić information content (AvgIpc) is 2.74. The summed E-state index contributed by atoms with van der Waals surface area (Å²) >= 11 is 4.03. The fraction of sp³-hybridized carbons (Fsp3) is 0.333. The Morgan fingerprint density at radius 1 is 1.10 bits per heavy atom. The van der Waals surface area contributed by atoms with Crippen LogP contribution in [-0.4, -0.2) is 41.6 Å². The van der Waals surface area contributed by atoms with Gasteiger partial charge in [-0.1, -0.05) is 30.3 Å². The van der Waals surface area contributed by atoms with Crippen molar-refractivity contribution < 1.29 is 19.4 Å². The maximum absolute atomic E-state index is 12.4. The molecule has 29 heavy (non-hydrogen) atoms. The van der Waals surface area contributed by atoms with Gasteiger partial charge in [0.05, 0.1) is 7.14 Å². The summed E-state index contributed by atoms with van der Waals surface area (Å²) in [5.74, 6) is 0.382. The van der Waals surface area contributed by atoms with Crippen molar-refractivity contribution in [3.8, 4) is 5.75 Å². The number of halogens is 2. The Labute approximate surface area is 197 Å². The number of hydrogen-bond donors (Lipinski definition) is 2. The van der Waals surface area contributed by atoms with Crippen molar-refractivity contribution in [3.63, 3.8) is 0 Å². The molecule has 6 nitrogen and oxygen atoms in total. The first-order chi connectivity index (χ1) is 13.9. The van der Waals surface area contributed by atoms with Gasteiger partial charge < -0.3 is 20.1 Å². The molecule has 1 aliphatic heterocycles. The van der Waals surface area contributed by atoms with Gasteiger partial charge in [-0.2, -0.15) is 0 Å². The standard InChI is InChI=1S/C21H22I2N2O4/c22-17-10-16(11-18(23)19(17)26)20(27)24-12-14-6-8-25(9-7-14)21(28)29-13-15-4-2-1-3-5-15/h1-5,10-11,14,26H,6-9,12-13H2,(H,24,27). The predicted octanol–water partition coefficient (Wildman–Crippen LogP) is 4.38. The van der Waals surface area contributed by atoms with Crippen LogP contribution in [-0.2, 0) is 11.3 Å². The fourth-order valence-electron chi connectivity index (χ4n) is 3.17. The van der Waals surface area contributed by atoms with E-state index in [-0.39, 0.29) is 24.4 Å². The third kappa shape index (κ3) is 6.21. The number of nitrogens with one attached hydrogen (secondary N) is 1. The van der Waals surface area contributed by atoms with Gasteiger partial charge >= 0.3 is 6.09 Å². The lowest BCUT2D eigenvalue weighted by atomic mass is 9.97. The molecule has 2 amide bonds. The van der Waals surface area contributed by atoms with E-state index in [2.05, 4.69) is 5.32 Å². The molecule has 0 aliphatic carbocycles. The zero-order valence-electron chi connectivity index (χ0n) is 15.7. The number of hydrogen-bond acceptors (Lipinski definition) is 4. The fourth-order valence-corrected chi connectivity index (χ4v) is 4.93. The minimum absolute atomic E-state index is 0.148. The third-order valence-electron chi connectivity index (χ3n) is 4.91. The van der Waals surface area contributed by atoms with Crippen molar-refractivity contribution in [1.29, 1.82) is 0 Å². The van der Waals surface area contributed by atoms with Gasteiger partial charge in [-0.15, -0.1) is 0 Å². The number of likely N-dealkylation sites (tertiary alicyclic amines) is 1. The van der Waals surface area contributed by atoms with Crippen molar-refractivity contribution in [2.75, 3.05) is 19.6 Å². The molecule has 2 aromatic rings. The van der Waals surface area contributed by atoms with E-state index in [1.165, 1.54) is 0 Å². The summed E-state index contributed by atoms with van der Waals surface area (Å²) in [5.41, 5.74) is 1.51. The molecule has 0 saturated carbocycles. The highest BCUT2D eigenvalue weighted by atomic mass is 127. The van der Waals surface area contributed by atoms with Gasteiger partial charge in [0.2, 0.25) is 0 Å². The third-order valence-corrected chi connectivity index (χ3v) is 6.55. The zero-order chi connectivity index (χ0) is 20.8. The number of benzene rings is 2. The zero-order valence-corrected chi connectivity index (χ0v) is 20.1. The lowest BCUT2D eigenvalue weighted by Crippen LogP contribution is -2.41. The lowest BCUT2D eigenvalue weighted by molar-refractivity contribution is 0.0800. The first-order valence-corrected chi connectivity index (χ1v) is 11.5. The number of aromatic hydroxyl groups is 1. The minimum Gasteiger partial charge on any atom is -0.506 e. The molecular formula is C21H22I2N2O4. The van der Waals surface area contributed by atoms with Crippen LogP contribution in [0.1, 0.15) is 28.8 Å². The topological polar surface area (TPSA) is 78.9 Å². The Morgan fingerprint density at radius 2 is 1.72 bits per heavy atom. The Balaban J connectivity index is 1.41. The number of rotatable bonds is 5. The summed E-state index contributed by atoms with van der Waals surface area (Å²) in [4.78, 5) is 26.4. The summed E-state index contributed by atoms with van der Waals surface area (Å²) < 4.78 is 6.70. The van der Waals surface area contributed by atoms with Gasteiger partial charge in [0.25, 0.3) is 5.91 Å². The number of nitrogens with zero attached hydrogens (tertiary/aromatic N) is 1. The predicted molar refractivity (Wildman–Crippen MR) is 127 cm³/mol. The molecule has 2 N–H and O–H groups in total. The molecule has 1 heterocycles. The van der Waals surface area contributed by atoms with Crippen molar-refractivity contribution in [2.24, 2.45) is 5.92 Å². The molecule has 0 bridgehead atoms. The highest BCUT2D eigenvalue weighted by Gasteiger charge is 2.24. The number of carbonyl (C=O) groups excluding carboxylic acids is 2. The number of amides is 2. The van der Waals surface area contributed by atoms with Crippen LogP contribution in [0.5, 0.6) is 5.75 Å². The monoisotopic (exact) mass is 620 g/mol. The molecule has 0 spiro atoms. The molecule has 3 rings (SSSR count). The van der Waals surface area contributed by atoms with Gasteiger partial charge in [0.1, 0.15) is 12.4 Å². The molecule has 1 saturated heterocycles. The van der Waals surface area contributed by atoms with Gasteiger partial charge in [-0.25, -0.2) is 4.79 Å². The Hall–Kier alpha value is -1.56. The Bertz CT molecular complexity index is 845. The molecule has 1 fully saturated rings. The quantitative estimate of drug-likeness (QED) is 0.487. The molecule has 0 unspecified atom stereocenters. The molecule has 1 aliphatic rings. The number of carbonyl (C=O) groups is 2. The number of phenols is 1. The summed E-state index contributed by atoms with van der Waals surface area (Å²) in [5, 5.41) is 12.8. The maximum atomic E-state index is 12.4. The van der Waals surface area contributed by atoms with Crippen molar-refractivity contribution in [1.82, 2.24) is 10.2 Å². The average molecular weight is 620 g/mol. The molecule has 0 atom stereocenters. The van der Waals surface area contributed by atoms with Crippen molar-refractivity contribution >= 4 is 57.2 Å². The minimum atomic E-state index is -0.287. The second-order valence-electron chi connectivity index (χ2n) is 6.97. The molecule has 154 valence electrons. The van der Waals surface area contributed by atoms with E-state index in [1.54, 1.807) is 17.0 Å².